The number of benzene rings is 1. The van der Waals surface area contributed by atoms with Crippen LogP contribution in [0.3, 0.4) is 0 Å². The van der Waals surface area contributed by atoms with Gasteiger partial charge in [-0.15, -0.1) is 0 Å². The smallest absolute Gasteiger partial charge is 0.341 e. The lowest BCUT2D eigenvalue weighted by atomic mass is 10.2. The number of fused-ring (bicyclic) bond motifs is 1. The van der Waals surface area contributed by atoms with Crippen molar-refractivity contribution in [3.63, 3.8) is 0 Å². The van der Waals surface area contributed by atoms with Gasteiger partial charge in [0.2, 0.25) is 0 Å². The van der Waals surface area contributed by atoms with E-state index >= 15 is 0 Å². The minimum absolute atomic E-state index is 0.303. The summed E-state index contributed by atoms with van der Waals surface area (Å²) < 4.78 is 0. The molecule has 2 amide bonds. The van der Waals surface area contributed by atoms with Crippen LogP contribution in [-0.2, 0) is 0 Å². The van der Waals surface area contributed by atoms with Crippen LogP contribution in [0.2, 0.25) is 0 Å². The van der Waals surface area contributed by atoms with Crippen LogP contribution in [0.5, 0.6) is 0 Å². The van der Waals surface area contributed by atoms with Crippen molar-refractivity contribution < 1.29 is 4.79 Å². The maximum Gasteiger partial charge on any atom is 0.341 e. The van der Waals surface area contributed by atoms with E-state index in [0.717, 1.165) is 10.9 Å². The van der Waals surface area contributed by atoms with Gasteiger partial charge in [-0.25, -0.2) is 4.79 Å². The largest absolute Gasteiger partial charge is 0.359 e. The first-order chi connectivity index (χ1) is 7.31. The monoisotopic (exact) mass is 202 g/mol. The lowest BCUT2D eigenvalue weighted by Gasteiger charge is -2.00. The fraction of sp³-hybridized carbons (Fsp3) is 0.182. The molecular weight excluding hydrogens is 190 g/mol. The lowest BCUT2D eigenvalue weighted by molar-refractivity contribution is 0.244. The first-order valence-corrected chi connectivity index (χ1v) is 4.87. The minimum atomic E-state index is -0.303. The van der Waals surface area contributed by atoms with Gasteiger partial charge in [-0.05, 0) is 13.0 Å². The molecule has 0 aliphatic carbocycles. The number of H-pyrrole nitrogens is 1. The third-order valence-electron chi connectivity index (χ3n) is 2.12. The van der Waals surface area contributed by atoms with Crippen LogP contribution in [-0.4, -0.2) is 17.6 Å². The number of rotatable bonds is 2. The van der Waals surface area contributed by atoms with E-state index in [4.69, 9.17) is 0 Å². The summed E-state index contributed by atoms with van der Waals surface area (Å²) in [5.74, 6) is 0. The molecule has 0 saturated carbocycles. The maximum atomic E-state index is 11.3. The van der Waals surface area contributed by atoms with Gasteiger partial charge < -0.3 is 10.3 Å². The number of amides is 2. The highest BCUT2D eigenvalue weighted by molar-refractivity contribution is 5.94. The first kappa shape index (κ1) is 9.58. The molecule has 2 rings (SSSR count). The second kappa shape index (κ2) is 4.04. The quantitative estimate of drug-likeness (QED) is 0.770. The molecule has 0 saturated heterocycles. The molecule has 1 radical (unpaired) electrons. The van der Waals surface area contributed by atoms with Crippen LogP contribution in [0.25, 0.3) is 10.9 Å². The number of hydrogen-bond donors (Lipinski definition) is 2. The third-order valence-corrected chi connectivity index (χ3v) is 2.12. The normalized spacial score (nSPS) is 10.2. The molecule has 0 atom stereocenters. The number of hydrogen-bond acceptors (Lipinski definition) is 1. The molecule has 1 aromatic carbocycles. The number of aromatic amines is 1. The van der Waals surface area contributed by atoms with Gasteiger partial charge in [0.25, 0.3) is 0 Å². The van der Waals surface area contributed by atoms with E-state index in [1.54, 1.807) is 6.20 Å². The second-order valence-corrected chi connectivity index (χ2v) is 3.17. The van der Waals surface area contributed by atoms with Crippen molar-refractivity contribution >= 4 is 22.6 Å². The number of urea groups is 1. The summed E-state index contributed by atoms with van der Waals surface area (Å²) in [5.41, 5.74) is 1.66. The predicted octanol–water partition coefficient (Wildman–Crippen LogP) is 2.13. The highest BCUT2D eigenvalue weighted by atomic mass is 16.2. The fourth-order valence-electron chi connectivity index (χ4n) is 1.45. The van der Waals surface area contributed by atoms with Crippen molar-refractivity contribution in [3.8, 4) is 0 Å². The number of carbonyl (C=O) groups excluding carboxylic acids is 1. The average molecular weight is 202 g/mol. The maximum absolute atomic E-state index is 11.3. The molecule has 4 heteroatoms. The molecule has 4 nitrogen and oxygen atoms in total. The van der Waals surface area contributed by atoms with Gasteiger partial charge in [0.15, 0.2) is 0 Å². The summed E-state index contributed by atoms with van der Waals surface area (Å²) in [6.45, 7) is 2.45. The van der Waals surface area contributed by atoms with Crippen molar-refractivity contribution in [1.29, 1.82) is 0 Å². The predicted molar refractivity (Wildman–Crippen MR) is 59.2 cm³/mol. The molecule has 15 heavy (non-hydrogen) atoms. The average Bonchev–Trinajstić information content (AvgIpc) is 2.62. The Morgan fingerprint density at radius 2 is 2.27 bits per heavy atom. The van der Waals surface area contributed by atoms with Crippen molar-refractivity contribution in [2.45, 2.75) is 6.92 Å². The summed E-state index contributed by atoms with van der Waals surface area (Å²) in [7, 11) is 0. The Hall–Kier alpha value is -1.97. The zero-order valence-electron chi connectivity index (χ0n) is 8.45. The molecule has 2 N–H and O–H groups in total. The van der Waals surface area contributed by atoms with Crippen LogP contribution < -0.4 is 10.6 Å². The zero-order valence-corrected chi connectivity index (χ0v) is 8.45. The van der Waals surface area contributed by atoms with Crippen LogP contribution in [0.4, 0.5) is 10.5 Å². The Morgan fingerprint density at radius 1 is 1.47 bits per heavy atom. The number of nitrogens with zero attached hydrogens (tertiary/aromatic N) is 1. The Morgan fingerprint density at radius 3 is 3.07 bits per heavy atom. The highest BCUT2D eigenvalue weighted by Gasteiger charge is 2.07. The van der Waals surface area contributed by atoms with Gasteiger partial charge in [-0.2, -0.15) is 5.32 Å². The first-order valence-electron chi connectivity index (χ1n) is 4.87. The van der Waals surface area contributed by atoms with Gasteiger partial charge in [0.05, 0.1) is 5.69 Å². The lowest BCUT2D eigenvalue weighted by Crippen LogP contribution is -2.27. The van der Waals surface area contributed by atoms with Crippen LogP contribution in [0, 0.1) is 0 Å². The molecular formula is C11H12N3O. The number of para-hydroxylation sites is 1. The highest BCUT2D eigenvalue weighted by Crippen LogP contribution is 2.22. The van der Waals surface area contributed by atoms with E-state index < -0.39 is 0 Å². The number of carbonyl (C=O) groups is 1. The van der Waals surface area contributed by atoms with Gasteiger partial charge in [-0.1, -0.05) is 18.2 Å². The van der Waals surface area contributed by atoms with Crippen molar-refractivity contribution in [2.75, 3.05) is 6.54 Å². The number of nitrogens with one attached hydrogen (secondary N) is 2. The minimum Gasteiger partial charge on any atom is -0.359 e. The van der Waals surface area contributed by atoms with Crippen molar-refractivity contribution in [2.24, 2.45) is 0 Å². The van der Waals surface area contributed by atoms with Crippen molar-refractivity contribution in [3.05, 3.63) is 30.5 Å². The Labute approximate surface area is 87.7 Å². The summed E-state index contributed by atoms with van der Waals surface area (Å²) in [4.78, 5) is 14.3. The molecule has 0 bridgehead atoms. The summed E-state index contributed by atoms with van der Waals surface area (Å²) in [6.07, 6.45) is 1.74. The topological polar surface area (TPSA) is 59.0 Å². The zero-order chi connectivity index (χ0) is 10.7. The third kappa shape index (κ3) is 1.93. The number of aromatic nitrogens is 1. The molecule has 1 heterocycles. The van der Waals surface area contributed by atoms with Gasteiger partial charge >= 0.3 is 6.03 Å². The fourth-order valence-corrected chi connectivity index (χ4v) is 1.45. The van der Waals surface area contributed by atoms with Crippen molar-refractivity contribution in [1.82, 2.24) is 15.6 Å². The summed E-state index contributed by atoms with van der Waals surface area (Å²) in [5, 5.41) is 7.55. The van der Waals surface area contributed by atoms with Gasteiger partial charge in [0.1, 0.15) is 0 Å². The van der Waals surface area contributed by atoms with Gasteiger partial charge in [0, 0.05) is 23.6 Å². The van der Waals surface area contributed by atoms with E-state index in [9.17, 15) is 4.79 Å². The van der Waals surface area contributed by atoms with Crippen LogP contribution in [0.1, 0.15) is 6.92 Å². The van der Waals surface area contributed by atoms with E-state index in [1.165, 1.54) is 0 Å². The molecule has 77 valence electrons. The van der Waals surface area contributed by atoms with E-state index in [1.807, 2.05) is 31.2 Å². The van der Waals surface area contributed by atoms with Crippen LogP contribution >= 0.6 is 0 Å². The second-order valence-electron chi connectivity index (χ2n) is 3.17. The van der Waals surface area contributed by atoms with E-state index in [-0.39, 0.29) is 6.03 Å². The molecule has 1 aromatic heterocycles. The SMILES string of the molecule is CCNC(=O)[N]c1c[nH]c2ccccc12. The molecule has 0 spiro atoms. The Kier molecular flexibility index (Phi) is 2.58. The van der Waals surface area contributed by atoms with E-state index in [2.05, 4.69) is 15.6 Å². The van der Waals surface area contributed by atoms with Gasteiger partial charge in [-0.3, -0.25) is 0 Å². The molecule has 0 unspecified atom stereocenters. The summed E-state index contributed by atoms with van der Waals surface area (Å²) in [6, 6.07) is 7.44. The molecule has 0 aliphatic rings. The standard InChI is InChI=1S/C11H12N3O/c1-2-12-11(15)14-10-7-13-9-6-4-3-5-8(9)10/h3-7,13H,2H2,1H3,(H,12,15). The summed E-state index contributed by atoms with van der Waals surface area (Å²) >= 11 is 0. The molecule has 2 aromatic rings. The Balaban J connectivity index is 2.25. The molecule has 0 fully saturated rings. The Bertz CT molecular complexity index is 475. The molecule has 0 aliphatic heterocycles. The van der Waals surface area contributed by atoms with E-state index in [0.29, 0.717) is 12.2 Å². The van der Waals surface area contributed by atoms with Crippen LogP contribution in [0.15, 0.2) is 30.5 Å².